The summed E-state index contributed by atoms with van der Waals surface area (Å²) in [6.45, 7) is 6.33. The number of benzene rings is 2. The first-order chi connectivity index (χ1) is 13.5. The van der Waals surface area contributed by atoms with Crippen molar-refractivity contribution in [1.29, 1.82) is 5.26 Å². The first-order valence-corrected chi connectivity index (χ1v) is 9.37. The molecule has 1 aliphatic heterocycles. The summed E-state index contributed by atoms with van der Waals surface area (Å²) in [6.07, 6.45) is -0.191. The van der Waals surface area contributed by atoms with Gasteiger partial charge in [0.15, 0.2) is 0 Å². The third-order valence-electron chi connectivity index (χ3n) is 4.90. The summed E-state index contributed by atoms with van der Waals surface area (Å²) < 4.78 is 0. The Morgan fingerprint density at radius 2 is 1.93 bits per heavy atom. The van der Waals surface area contributed by atoms with Crippen LogP contribution in [0.25, 0.3) is 0 Å². The molecule has 1 aliphatic rings. The molecule has 1 saturated heterocycles. The molecule has 1 atom stereocenters. The van der Waals surface area contributed by atoms with E-state index in [2.05, 4.69) is 48.3 Å². The van der Waals surface area contributed by atoms with Crippen LogP contribution >= 0.6 is 0 Å². The number of aryl methyl sites for hydroxylation is 1. The molecule has 1 heterocycles. The average Bonchev–Trinajstić information content (AvgIpc) is 2.68. The van der Waals surface area contributed by atoms with Gasteiger partial charge in [-0.05, 0) is 55.8 Å². The SMILES string of the molecule is Cc1cccc(N2CCN(C(=O)c3ccc(NC(=O)CC#N)cc3)CC2C)c1. The van der Waals surface area contributed by atoms with Gasteiger partial charge in [-0.25, -0.2) is 0 Å². The summed E-state index contributed by atoms with van der Waals surface area (Å²) in [5.74, 6) is -0.367. The third-order valence-corrected chi connectivity index (χ3v) is 4.90. The van der Waals surface area contributed by atoms with Gasteiger partial charge < -0.3 is 15.1 Å². The minimum atomic E-state index is -0.359. The third kappa shape index (κ3) is 4.49. The van der Waals surface area contributed by atoms with E-state index in [0.717, 1.165) is 6.54 Å². The first-order valence-electron chi connectivity index (χ1n) is 9.37. The maximum Gasteiger partial charge on any atom is 0.253 e. The van der Waals surface area contributed by atoms with Crippen molar-refractivity contribution in [2.45, 2.75) is 26.3 Å². The highest BCUT2D eigenvalue weighted by Gasteiger charge is 2.27. The molecule has 3 rings (SSSR count). The molecule has 2 aromatic rings. The lowest BCUT2D eigenvalue weighted by Gasteiger charge is -2.41. The minimum absolute atomic E-state index is 0.00866. The molecular weight excluding hydrogens is 352 g/mol. The van der Waals surface area contributed by atoms with E-state index in [0.29, 0.717) is 24.3 Å². The van der Waals surface area contributed by atoms with E-state index in [1.165, 1.54) is 11.3 Å². The van der Waals surface area contributed by atoms with E-state index in [9.17, 15) is 9.59 Å². The van der Waals surface area contributed by atoms with Gasteiger partial charge in [-0.1, -0.05) is 12.1 Å². The molecule has 6 heteroatoms. The Hall–Kier alpha value is -3.33. The molecule has 6 nitrogen and oxygen atoms in total. The first kappa shape index (κ1) is 19.4. The van der Waals surface area contributed by atoms with E-state index in [1.807, 2.05) is 4.90 Å². The molecule has 1 unspecified atom stereocenters. The van der Waals surface area contributed by atoms with Crippen LogP contribution in [-0.2, 0) is 4.79 Å². The van der Waals surface area contributed by atoms with Gasteiger partial charge in [-0.2, -0.15) is 5.26 Å². The molecule has 0 radical (unpaired) electrons. The predicted octanol–water partition coefficient (Wildman–Crippen LogP) is 3.20. The molecule has 2 amide bonds. The molecule has 0 aliphatic carbocycles. The number of hydrogen-bond donors (Lipinski definition) is 1. The van der Waals surface area contributed by atoms with Crippen LogP contribution in [0.4, 0.5) is 11.4 Å². The Morgan fingerprint density at radius 3 is 2.57 bits per heavy atom. The normalized spacial score (nSPS) is 16.4. The molecule has 28 heavy (non-hydrogen) atoms. The summed E-state index contributed by atoms with van der Waals surface area (Å²) in [6, 6.07) is 17.3. The van der Waals surface area contributed by atoms with Crippen molar-refractivity contribution in [1.82, 2.24) is 4.90 Å². The average molecular weight is 376 g/mol. The maximum absolute atomic E-state index is 12.9. The number of nitriles is 1. The molecule has 2 aromatic carbocycles. The lowest BCUT2D eigenvalue weighted by atomic mass is 10.1. The molecule has 144 valence electrons. The zero-order valence-electron chi connectivity index (χ0n) is 16.2. The van der Waals surface area contributed by atoms with Crippen LogP contribution in [-0.4, -0.2) is 42.4 Å². The molecule has 1 N–H and O–H groups in total. The number of amides is 2. The number of anilines is 2. The van der Waals surface area contributed by atoms with E-state index in [1.54, 1.807) is 30.3 Å². The molecule has 0 aromatic heterocycles. The molecule has 0 spiro atoms. The zero-order chi connectivity index (χ0) is 20.1. The maximum atomic E-state index is 12.9. The second-order valence-corrected chi connectivity index (χ2v) is 7.09. The lowest BCUT2D eigenvalue weighted by molar-refractivity contribution is -0.115. The highest BCUT2D eigenvalue weighted by Crippen LogP contribution is 2.22. The minimum Gasteiger partial charge on any atom is -0.365 e. The summed E-state index contributed by atoms with van der Waals surface area (Å²) in [5, 5.41) is 11.2. The fourth-order valence-corrected chi connectivity index (χ4v) is 3.49. The van der Waals surface area contributed by atoms with Crippen molar-refractivity contribution < 1.29 is 9.59 Å². The van der Waals surface area contributed by atoms with Crippen LogP contribution < -0.4 is 10.2 Å². The Bertz CT molecular complexity index is 901. The Labute approximate surface area is 165 Å². The van der Waals surface area contributed by atoms with Crippen molar-refractivity contribution in [2.24, 2.45) is 0 Å². The highest BCUT2D eigenvalue weighted by molar-refractivity contribution is 5.96. The monoisotopic (exact) mass is 376 g/mol. The van der Waals surface area contributed by atoms with Crippen LogP contribution in [0.5, 0.6) is 0 Å². The van der Waals surface area contributed by atoms with Gasteiger partial charge in [0.1, 0.15) is 6.42 Å². The number of hydrogen-bond acceptors (Lipinski definition) is 4. The van der Waals surface area contributed by atoms with Gasteiger partial charge in [0.05, 0.1) is 6.07 Å². The van der Waals surface area contributed by atoms with Gasteiger partial charge in [0.25, 0.3) is 5.91 Å². The van der Waals surface area contributed by atoms with Crippen molar-refractivity contribution >= 4 is 23.2 Å². The van der Waals surface area contributed by atoms with Gasteiger partial charge in [-0.15, -0.1) is 0 Å². The summed E-state index contributed by atoms with van der Waals surface area (Å²) >= 11 is 0. The largest absolute Gasteiger partial charge is 0.365 e. The second kappa shape index (κ2) is 8.57. The Kier molecular flexibility index (Phi) is 5.95. The van der Waals surface area contributed by atoms with Crippen molar-refractivity contribution in [3.8, 4) is 6.07 Å². The summed E-state index contributed by atoms with van der Waals surface area (Å²) in [7, 11) is 0. The Balaban J connectivity index is 1.63. The van der Waals surface area contributed by atoms with E-state index < -0.39 is 0 Å². The van der Waals surface area contributed by atoms with Crippen LogP contribution in [0.15, 0.2) is 48.5 Å². The van der Waals surface area contributed by atoms with Crippen molar-refractivity contribution in [2.75, 3.05) is 29.9 Å². The van der Waals surface area contributed by atoms with Crippen LogP contribution in [0.2, 0.25) is 0 Å². The highest BCUT2D eigenvalue weighted by atomic mass is 16.2. The number of carbonyl (C=O) groups is 2. The fraction of sp³-hybridized carbons (Fsp3) is 0.318. The predicted molar refractivity (Wildman–Crippen MR) is 109 cm³/mol. The van der Waals surface area contributed by atoms with Gasteiger partial charge in [0, 0.05) is 42.6 Å². The second-order valence-electron chi connectivity index (χ2n) is 7.09. The van der Waals surface area contributed by atoms with Crippen LogP contribution in [0.1, 0.15) is 29.3 Å². The molecule has 1 fully saturated rings. The van der Waals surface area contributed by atoms with Crippen LogP contribution in [0.3, 0.4) is 0 Å². The van der Waals surface area contributed by atoms with Crippen molar-refractivity contribution in [3.63, 3.8) is 0 Å². The number of nitrogens with zero attached hydrogens (tertiary/aromatic N) is 3. The zero-order valence-corrected chi connectivity index (χ0v) is 16.2. The number of nitrogens with one attached hydrogen (secondary N) is 1. The Morgan fingerprint density at radius 1 is 1.18 bits per heavy atom. The topological polar surface area (TPSA) is 76.4 Å². The van der Waals surface area contributed by atoms with E-state index >= 15 is 0 Å². The smallest absolute Gasteiger partial charge is 0.253 e. The van der Waals surface area contributed by atoms with E-state index in [-0.39, 0.29) is 24.3 Å². The lowest BCUT2D eigenvalue weighted by Crippen LogP contribution is -2.53. The quantitative estimate of drug-likeness (QED) is 0.889. The standard InChI is InChI=1S/C22H24N4O2/c1-16-4-3-5-20(14-16)26-13-12-25(15-17(26)2)22(28)18-6-8-19(9-7-18)24-21(27)10-11-23/h3-9,14,17H,10,12-13,15H2,1-2H3,(H,24,27). The van der Waals surface area contributed by atoms with Gasteiger partial charge >= 0.3 is 0 Å². The molecular formula is C22H24N4O2. The molecule has 0 saturated carbocycles. The van der Waals surface area contributed by atoms with Gasteiger partial charge in [-0.3, -0.25) is 9.59 Å². The number of rotatable bonds is 4. The summed E-state index contributed by atoms with van der Waals surface area (Å²) in [4.78, 5) is 28.5. The number of carbonyl (C=O) groups excluding carboxylic acids is 2. The fourth-order valence-electron chi connectivity index (χ4n) is 3.49. The molecule has 0 bridgehead atoms. The van der Waals surface area contributed by atoms with E-state index in [4.69, 9.17) is 5.26 Å². The van der Waals surface area contributed by atoms with Gasteiger partial charge in [0.2, 0.25) is 5.91 Å². The summed E-state index contributed by atoms with van der Waals surface area (Å²) in [5.41, 5.74) is 3.59. The van der Waals surface area contributed by atoms with Crippen LogP contribution in [0, 0.1) is 18.3 Å². The van der Waals surface area contributed by atoms with Crippen molar-refractivity contribution in [3.05, 3.63) is 59.7 Å². The number of piperazine rings is 1.